The Hall–Kier alpha value is -1.65. The van der Waals surface area contributed by atoms with Crippen molar-refractivity contribution in [1.82, 2.24) is 0 Å². The number of hydrogen-bond acceptors (Lipinski definition) is 3. The molecule has 1 aliphatic rings. The summed E-state index contributed by atoms with van der Waals surface area (Å²) in [5.74, 6) is -0.779. The van der Waals surface area contributed by atoms with Crippen LogP contribution in [0.25, 0.3) is 0 Å². The third-order valence-corrected chi connectivity index (χ3v) is 2.03. The zero-order chi connectivity index (χ0) is 10.8. The minimum atomic E-state index is -3.03. The van der Waals surface area contributed by atoms with Gasteiger partial charge >= 0.3 is 6.43 Å². The molecule has 0 saturated carbocycles. The molecule has 0 aromatic heterocycles. The van der Waals surface area contributed by atoms with Crippen LogP contribution in [0.15, 0.2) is 18.2 Å². The van der Waals surface area contributed by atoms with Gasteiger partial charge < -0.3 is 9.47 Å². The molecule has 15 heavy (non-hydrogen) atoms. The average Bonchev–Trinajstić information content (AvgIpc) is 2.27. The van der Waals surface area contributed by atoms with E-state index in [9.17, 15) is 13.6 Å². The number of halogens is 2. The van der Waals surface area contributed by atoms with Gasteiger partial charge in [-0.25, -0.2) is 8.78 Å². The molecule has 80 valence electrons. The first-order valence-corrected chi connectivity index (χ1v) is 4.41. The summed E-state index contributed by atoms with van der Waals surface area (Å²) in [5, 5.41) is 0. The lowest BCUT2D eigenvalue weighted by Gasteiger charge is -2.20. The summed E-state index contributed by atoms with van der Waals surface area (Å²) in [7, 11) is 0. The Kier molecular flexibility index (Phi) is 2.53. The molecule has 1 aliphatic heterocycles. The average molecular weight is 214 g/mol. The Morgan fingerprint density at radius 3 is 2.73 bits per heavy atom. The standard InChI is InChI=1S/C10H8F2O3/c11-10(12)8(13)6-2-1-3-7-9(6)15-5-4-14-7/h1-3,10H,4-5H2. The normalized spacial score (nSPS) is 14.1. The van der Waals surface area contributed by atoms with Gasteiger partial charge in [0.1, 0.15) is 13.2 Å². The summed E-state index contributed by atoms with van der Waals surface area (Å²) in [6, 6.07) is 4.38. The SMILES string of the molecule is O=C(c1cccc2c1OCCO2)C(F)F. The fourth-order valence-corrected chi connectivity index (χ4v) is 1.39. The molecule has 5 heteroatoms. The highest BCUT2D eigenvalue weighted by atomic mass is 19.3. The number of rotatable bonds is 2. The molecule has 0 atom stereocenters. The summed E-state index contributed by atoms with van der Waals surface area (Å²) >= 11 is 0. The van der Waals surface area contributed by atoms with Crippen molar-refractivity contribution in [2.45, 2.75) is 6.43 Å². The van der Waals surface area contributed by atoms with Gasteiger partial charge in [0.2, 0.25) is 5.78 Å². The van der Waals surface area contributed by atoms with Crippen molar-refractivity contribution < 1.29 is 23.0 Å². The number of hydrogen-bond donors (Lipinski definition) is 0. The lowest BCUT2D eigenvalue weighted by Crippen LogP contribution is -2.19. The van der Waals surface area contributed by atoms with Gasteiger partial charge in [0, 0.05) is 0 Å². The minimum absolute atomic E-state index is 0.119. The number of ketones is 1. The molecule has 1 heterocycles. The molecule has 0 radical (unpaired) electrons. The molecule has 0 spiro atoms. The van der Waals surface area contributed by atoms with Crippen LogP contribution in [0.2, 0.25) is 0 Å². The number of carbonyl (C=O) groups excluding carboxylic acids is 1. The fourth-order valence-electron chi connectivity index (χ4n) is 1.39. The fraction of sp³-hybridized carbons (Fsp3) is 0.300. The lowest BCUT2D eigenvalue weighted by molar-refractivity contribution is 0.0669. The van der Waals surface area contributed by atoms with Crippen LogP contribution >= 0.6 is 0 Å². The monoisotopic (exact) mass is 214 g/mol. The third-order valence-electron chi connectivity index (χ3n) is 2.03. The molecule has 0 saturated heterocycles. The van der Waals surface area contributed by atoms with Crippen molar-refractivity contribution in [3.05, 3.63) is 23.8 Å². The van der Waals surface area contributed by atoms with E-state index >= 15 is 0 Å². The van der Waals surface area contributed by atoms with Crippen LogP contribution in [-0.2, 0) is 0 Å². The number of alkyl halides is 2. The van der Waals surface area contributed by atoms with Crippen molar-refractivity contribution in [1.29, 1.82) is 0 Å². The van der Waals surface area contributed by atoms with E-state index in [0.717, 1.165) is 0 Å². The predicted molar refractivity (Wildman–Crippen MR) is 47.8 cm³/mol. The summed E-state index contributed by atoms with van der Waals surface area (Å²) in [6.45, 7) is 0.625. The number of carbonyl (C=O) groups is 1. The van der Waals surface area contributed by atoms with Crippen LogP contribution in [0.3, 0.4) is 0 Å². The third kappa shape index (κ3) is 1.77. The highest BCUT2D eigenvalue weighted by Crippen LogP contribution is 2.34. The van der Waals surface area contributed by atoms with Crippen LogP contribution in [0.5, 0.6) is 11.5 Å². The van der Waals surface area contributed by atoms with Gasteiger partial charge in [-0.15, -0.1) is 0 Å². The minimum Gasteiger partial charge on any atom is -0.486 e. The highest BCUT2D eigenvalue weighted by molar-refractivity contribution is 6.01. The van der Waals surface area contributed by atoms with E-state index in [1.54, 1.807) is 6.07 Å². The maximum Gasteiger partial charge on any atom is 0.300 e. The molecular formula is C10H8F2O3. The largest absolute Gasteiger partial charge is 0.486 e. The molecule has 1 aromatic carbocycles. The first-order valence-electron chi connectivity index (χ1n) is 4.41. The maximum atomic E-state index is 12.2. The number of fused-ring (bicyclic) bond motifs is 1. The van der Waals surface area contributed by atoms with E-state index in [0.29, 0.717) is 12.4 Å². The van der Waals surface area contributed by atoms with Gasteiger partial charge in [-0.2, -0.15) is 0 Å². The molecule has 0 fully saturated rings. The Morgan fingerprint density at radius 2 is 2.00 bits per heavy atom. The van der Waals surface area contributed by atoms with E-state index in [2.05, 4.69) is 0 Å². The number of Topliss-reactive ketones (excluding diaryl/α,β-unsaturated/α-hetero) is 1. The van der Waals surface area contributed by atoms with E-state index in [4.69, 9.17) is 9.47 Å². The molecule has 0 aliphatic carbocycles. The summed E-state index contributed by atoms with van der Waals surface area (Å²) < 4.78 is 34.8. The van der Waals surface area contributed by atoms with Crippen molar-refractivity contribution >= 4 is 5.78 Å². The van der Waals surface area contributed by atoms with Crippen molar-refractivity contribution in [3.63, 3.8) is 0 Å². The zero-order valence-corrected chi connectivity index (χ0v) is 7.70. The van der Waals surface area contributed by atoms with Crippen LogP contribution in [-0.4, -0.2) is 25.4 Å². The number of benzene rings is 1. The van der Waals surface area contributed by atoms with Gasteiger partial charge in [0.15, 0.2) is 11.5 Å². The number of para-hydroxylation sites is 1. The first kappa shape index (κ1) is 9.89. The summed E-state index contributed by atoms with van der Waals surface area (Å²) in [6.07, 6.45) is -3.03. The van der Waals surface area contributed by atoms with E-state index in [1.807, 2.05) is 0 Å². The molecule has 0 amide bonds. The van der Waals surface area contributed by atoms with E-state index in [-0.39, 0.29) is 17.9 Å². The number of ether oxygens (including phenoxy) is 2. The summed E-state index contributed by atoms with van der Waals surface area (Å²) in [4.78, 5) is 11.1. The molecule has 1 aromatic rings. The van der Waals surface area contributed by atoms with Crippen molar-refractivity contribution in [2.75, 3.05) is 13.2 Å². The van der Waals surface area contributed by atoms with Crippen molar-refractivity contribution in [2.24, 2.45) is 0 Å². The Morgan fingerprint density at radius 1 is 1.27 bits per heavy atom. The quantitative estimate of drug-likeness (QED) is 0.705. The van der Waals surface area contributed by atoms with Crippen molar-refractivity contribution in [3.8, 4) is 11.5 Å². The van der Waals surface area contributed by atoms with Gasteiger partial charge in [-0.1, -0.05) is 6.07 Å². The van der Waals surface area contributed by atoms with Crippen LogP contribution in [0.4, 0.5) is 8.78 Å². The van der Waals surface area contributed by atoms with E-state index in [1.165, 1.54) is 12.1 Å². The Labute approximate surface area is 84.6 Å². The molecular weight excluding hydrogens is 206 g/mol. The lowest BCUT2D eigenvalue weighted by atomic mass is 10.1. The second kappa shape index (κ2) is 3.84. The van der Waals surface area contributed by atoms with Crippen LogP contribution in [0.1, 0.15) is 10.4 Å². The molecule has 3 nitrogen and oxygen atoms in total. The first-order chi connectivity index (χ1) is 7.20. The topological polar surface area (TPSA) is 35.5 Å². The molecule has 2 rings (SSSR count). The van der Waals surface area contributed by atoms with Gasteiger partial charge in [-0.3, -0.25) is 4.79 Å². The Balaban J connectivity index is 2.43. The molecule has 0 N–H and O–H groups in total. The summed E-state index contributed by atoms with van der Waals surface area (Å²) in [5.41, 5.74) is -0.123. The second-order valence-electron chi connectivity index (χ2n) is 2.99. The maximum absolute atomic E-state index is 12.2. The van der Waals surface area contributed by atoms with E-state index < -0.39 is 12.2 Å². The Bertz CT molecular complexity index is 390. The highest BCUT2D eigenvalue weighted by Gasteiger charge is 2.25. The second-order valence-corrected chi connectivity index (χ2v) is 2.99. The molecule has 0 unspecified atom stereocenters. The van der Waals surface area contributed by atoms with Gasteiger partial charge in [0.05, 0.1) is 5.56 Å². The van der Waals surface area contributed by atoms with Crippen LogP contribution in [0, 0.1) is 0 Å². The molecule has 0 bridgehead atoms. The van der Waals surface area contributed by atoms with Gasteiger partial charge in [0.25, 0.3) is 0 Å². The van der Waals surface area contributed by atoms with Gasteiger partial charge in [-0.05, 0) is 12.1 Å². The predicted octanol–water partition coefficient (Wildman–Crippen LogP) is 1.91. The zero-order valence-electron chi connectivity index (χ0n) is 7.70. The van der Waals surface area contributed by atoms with Crippen LogP contribution < -0.4 is 9.47 Å². The smallest absolute Gasteiger partial charge is 0.300 e.